The van der Waals surface area contributed by atoms with Crippen molar-refractivity contribution in [3.8, 4) is 6.07 Å². The maximum absolute atomic E-state index is 11.2. The highest BCUT2D eigenvalue weighted by atomic mass is 16.6. The van der Waals surface area contributed by atoms with Gasteiger partial charge in [0, 0.05) is 13.1 Å². The van der Waals surface area contributed by atoms with Crippen LogP contribution in [0.1, 0.15) is 5.56 Å². The normalized spacial score (nSPS) is 20.8. The van der Waals surface area contributed by atoms with E-state index in [1.165, 1.54) is 4.90 Å². The fourth-order valence-corrected chi connectivity index (χ4v) is 2.23. The minimum absolute atomic E-state index is 0.0164. The minimum Gasteiger partial charge on any atom is -0.481 e. The second kappa shape index (κ2) is 5.72. The first kappa shape index (κ1) is 14.7. The summed E-state index contributed by atoms with van der Waals surface area (Å²) in [6.07, 6.45) is 1.04. The number of hydrogen-bond acceptors (Lipinski definition) is 7. The number of carboxylic acids is 1. The first-order valence-corrected chi connectivity index (χ1v) is 6.03. The van der Waals surface area contributed by atoms with E-state index in [-0.39, 0.29) is 30.3 Å². The van der Waals surface area contributed by atoms with E-state index in [9.17, 15) is 14.9 Å². The Balaban J connectivity index is 2.35. The van der Waals surface area contributed by atoms with Crippen molar-refractivity contribution in [3.63, 3.8) is 0 Å². The van der Waals surface area contributed by atoms with Crippen molar-refractivity contribution in [2.75, 3.05) is 25.2 Å². The zero-order valence-corrected chi connectivity index (χ0v) is 11.1. The van der Waals surface area contributed by atoms with Crippen molar-refractivity contribution in [3.05, 3.63) is 27.9 Å². The zero-order valence-electron chi connectivity index (χ0n) is 11.1. The highest BCUT2D eigenvalue weighted by Gasteiger charge is 2.38. The van der Waals surface area contributed by atoms with Crippen LogP contribution < -0.4 is 4.90 Å². The van der Waals surface area contributed by atoms with Crippen molar-refractivity contribution >= 4 is 17.5 Å². The molecular weight excluding hydrogens is 280 g/mol. The topological polar surface area (TPSA) is 130 Å². The van der Waals surface area contributed by atoms with E-state index in [0.717, 1.165) is 12.3 Å². The molecule has 0 saturated carbocycles. The van der Waals surface area contributed by atoms with Gasteiger partial charge in [0.1, 0.15) is 29.6 Å². The van der Waals surface area contributed by atoms with Gasteiger partial charge in [-0.3, -0.25) is 14.9 Å². The van der Waals surface area contributed by atoms with E-state index in [4.69, 9.17) is 15.1 Å². The highest BCUT2D eigenvalue weighted by Crippen LogP contribution is 2.27. The summed E-state index contributed by atoms with van der Waals surface area (Å²) >= 11 is 0. The quantitative estimate of drug-likeness (QED) is 0.623. The molecule has 2 atom stereocenters. The Morgan fingerprint density at radius 2 is 2.38 bits per heavy atom. The third-order valence-corrected chi connectivity index (χ3v) is 3.38. The number of ether oxygens (including phenoxy) is 1. The Labute approximate surface area is 119 Å². The van der Waals surface area contributed by atoms with Crippen LogP contribution >= 0.6 is 0 Å². The number of carboxylic acid groups (broad SMARTS) is 1. The fourth-order valence-electron chi connectivity index (χ4n) is 2.23. The summed E-state index contributed by atoms with van der Waals surface area (Å²) in [5, 5.41) is 28.9. The number of nitro groups is 1. The summed E-state index contributed by atoms with van der Waals surface area (Å²) in [5.74, 6) is -1.53. The molecule has 1 aromatic rings. The molecule has 1 aliphatic rings. The van der Waals surface area contributed by atoms with Crippen LogP contribution in [0, 0.1) is 27.4 Å². The summed E-state index contributed by atoms with van der Waals surface area (Å²) in [6, 6.07) is 2.48. The first-order valence-electron chi connectivity index (χ1n) is 6.03. The van der Waals surface area contributed by atoms with Gasteiger partial charge < -0.3 is 14.7 Å². The Morgan fingerprint density at radius 3 is 2.95 bits per heavy atom. The molecule has 0 radical (unpaired) electrons. The van der Waals surface area contributed by atoms with E-state index in [1.807, 2.05) is 6.07 Å². The SMILES string of the molecule is CN(c1ncc([N+](=O)[O-])cc1C#N)C1COCC1C(=O)O. The minimum atomic E-state index is -0.996. The van der Waals surface area contributed by atoms with Gasteiger partial charge >= 0.3 is 5.97 Å². The van der Waals surface area contributed by atoms with Crippen LogP contribution in [-0.2, 0) is 9.53 Å². The molecule has 1 aromatic heterocycles. The molecule has 1 fully saturated rings. The number of aliphatic carboxylic acids is 1. The number of anilines is 1. The van der Waals surface area contributed by atoms with Crippen molar-refractivity contribution in [1.29, 1.82) is 5.26 Å². The van der Waals surface area contributed by atoms with E-state index >= 15 is 0 Å². The largest absolute Gasteiger partial charge is 0.481 e. The standard InChI is InChI=1S/C12H12N4O5/c1-15(10-6-21-5-9(10)12(17)18)11-7(3-13)2-8(4-14-11)16(19)20/h2,4,9-10H,5-6H2,1H3,(H,17,18). The number of aromatic nitrogens is 1. The van der Waals surface area contributed by atoms with Crippen molar-refractivity contribution < 1.29 is 19.6 Å². The molecule has 9 heteroatoms. The molecule has 2 heterocycles. The molecule has 110 valence electrons. The summed E-state index contributed by atoms with van der Waals surface area (Å²) < 4.78 is 5.17. The molecule has 0 spiro atoms. The van der Waals surface area contributed by atoms with Gasteiger partial charge in [-0.15, -0.1) is 0 Å². The molecule has 9 nitrogen and oxygen atoms in total. The van der Waals surface area contributed by atoms with Crippen molar-refractivity contribution in [2.24, 2.45) is 5.92 Å². The first-order chi connectivity index (χ1) is 9.95. The second-order valence-corrected chi connectivity index (χ2v) is 4.59. The molecule has 1 N–H and O–H groups in total. The van der Waals surface area contributed by atoms with E-state index in [2.05, 4.69) is 4.98 Å². The predicted octanol–water partition coefficient (Wildman–Crippen LogP) is 0.397. The van der Waals surface area contributed by atoms with Crippen LogP contribution in [-0.4, -0.2) is 47.3 Å². The van der Waals surface area contributed by atoms with Gasteiger partial charge in [-0.25, -0.2) is 4.98 Å². The summed E-state index contributed by atoms with van der Waals surface area (Å²) in [5.41, 5.74) is -0.274. The Hall–Kier alpha value is -2.73. The third-order valence-electron chi connectivity index (χ3n) is 3.38. The van der Waals surface area contributed by atoms with Crippen LogP contribution in [0.15, 0.2) is 12.3 Å². The van der Waals surface area contributed by atoms with Gasteiger partial charge in [0.25, 0.3) is 5.69 Å². The van der Waals surface area contributed by atoms with Gasteiger partial charge in [-0.1, -0.05) is 0 Å². The lowest BCUT2D eigenvalue weighted by atomic mass is 10.0. The van der Waals surface area contributed by atoms with Gasteiger partial charge in [0.2, 0.25) is 0 Å². The predicted molar refractivity (Wildman–Crippen MR) is 69.7 cm³/mol. The van der Waals surface area contributed by atoms with Crippen LogP contribution in [0.5, 0.6) is 0 Å². The third kappa shape index (κ3) is 2.75. The molecule has 1 aliphatic heterocycles. The zero-order chi connectivity index (χ0) is 15.6. The maximum atomic E-state index is 11.2. The maximum Gasteiger partial charge on any atom is 0.311 e. The Morgan fingerprint density at radius 1 is 1.67 bits per heavy atom. The monoisotopic (exact) mass is 292 g/mol. The second-order valence-electron chi connectivity index (χ2n) is 4.59. The van der Waals surface area contributed by atoms with Crippen molar-refractivity contribution in [2.45, 2.75) is 6.04 Å². The average molecular weight is 292 g/mol. The molecule has 2 rings (SSSR count). The molecule has 0 aliphatic carbocycles. The van der Waals surface area contributed by atoms with E-state index in [0.29, 0.717) is 0 Å². The van der Waals surface area contributed by atoms with Gasteiger partial charge in [-0.05, 0) is 0 Å². The van der Waals surface area contributed by atoms with Crippen molar-refractivity contribution in [1.82, 2.24) is 4.98 Å². The molecule has 0 aromatic carbocycles. The number of likely N-dealkylation sites (N-methyl/N-ethyl adjacent to an activating group) is 1. The van der Waals surface area contributed by atoms with E-state index < -0.39 is 22.9 Å². The number of carbonyl (C=O) groups is 1. The van der Waals surface area contributed by atoms with Crippen LogP contribution in [0.4, 0.5) is 11.5 Å². The summed E-state index contributed by atoms with van der Waals surface area (Å²) in [4.78, 5) is 26.7. The summed E-state index contributed by atoms with van der Waals surface area (Å²) in [6.45, 7) is 0.274. The highest BCUT2D eigenvalue weighted by molar-refractivity contribution is 5.72. The molecule has 0 amide bonds. The molecule has 21 heavy (non-hydrogen) atoms. The van der Waals surface area contributed by atoms with Crippen LogP contribution in [0.3, 0.4) is 0 Å². The summed E-state index contributed by atoms with van der Waals surface area (Å²) in [7, 11) is 1.59. The lowest BCUT2D eigenvalue weighted by Gasteiger charge is -2.27. The Kier molecular flexibility index (Phi) is 4.00. The van der Waals surface area contributed by atoms with Gasteiger partial charge in [-0.2, -0.15) is 5.26 Å². The lowest BCUT2D eigenvalue weighted by Crippen LogP contribution is -2.41. The number of hydrogen-bond donors (Lipinski definition) is 1. The number of nitrogens with zero attached hydrogens (tertiary/aromatic N) is 4. The number of rotatable bonds is 4. The fraction of sp³-hybridized carbons (Fsp3) is 0.417. The molecular formula is C12H12N4O5. The van der Waals surface area contributed by atoms with Gasteiger partial charge in [0.15, 0.2) is 0 Å². The number of pyridine rings is 1. The molecule has 2 unspecified atom stereocenters. The van der Waals surface area contributed by atoms with E-state index in [1.54, 1.807) is 7.05 Å². The lowest BCUT2D eigenvalue weighted by molar-refractivity contribution is -0.385. The smallest absolute Gasteiger partial charge is 0.311 e. The molecule has 0 bridgehead atoms. The number of nitriles is 1. The molecule has 1 saturated heterocycles. The Bertz CT molecular complexity index is 627. The average Bonchev–Trinajstić information content (AvgIpc) is 2.95. The van der Waals surface area contributed by atoms with Crippen LogP contribution in [0.25, 0.3) is 0 Å². The van der Waals surface area contributed by atoms with Gasteiger partial charge in [0.05, 0.1) is 24.2 Å². The van der Waals surface area contributed by atoms with Crippen LogP contribution in [0.2, 0.25) is 0 Å².